The molecule has 0 radical (unpaired) electrons. The number of benzene rings is 1. The number of thiophene rings is 1. The monoisotopic (exact) mass is 247 g/mol. The number of hydrogen-bond acceptors (Lipinski definition) is 2. The number of hydrogen-bond donors (Lipinski definition) is 1. The zero-order chi connectivity index (χ0) is 12.3. The molecule has 1 N–H and O–H groups in total. The largest absolute Gasteiger partial charge is 0.312 e. The van der Waals surface area contributed by atoms with E-state index in [-0.39, 0.29) is 0 Å². The van der Waals surface area contributed by atoms with E-state index in [2.05, 4.69) is 56.5 Å². The lowest BCUT2D eigenvalue weighted by atomic mass is 10.0. The molecule has 0 spiro atoms. The average molecular weight is 247 g/mol. The van der Waals surface area contributed by atoms with Crippen molar-refractivity contribution >= 4 is 21.4 Å². The quantitative estimate of drug-likeness (QED) is 0.814. The van der Waals surface area contributed by atoms with Gasteiger partial charge in [-0.05, 0) is 43.3 Å². The second kappa shape index (κ2) is 5.65. The third-order valence-electron chi connectivity index (χ3n) is 3.17. The number of rotatable bonds is 5. The summed E-state index contributed by atoms with van der Waals surface area (Å²) in [5.74, 6) is 0.778. The van der Waals surface area contributed by atoms with E-state index in [0.717, 1.165) is 5.92 Å². The Kier molecular flexibility index (Phi) is 4.19. The molecule has 1 atom stereocenters. The van der Waals surface area contributed by atoms with Crippen LogP contribution in [0.4, 0.5) is 0 Å². The van der Waals surface area contributed by atoms with Crippen LogP contribution < -0.4 is 5.32 Å². The van der Waals surface area contributed by atoms with Crippen molar-refractivity contribution in [1.29, 1.82) is 0 Å². The van der Waals surface area contributed by atoms with Crippen molar-refractivity contribution in [3.8, 4) is 0 Å². The van der Waals surface area contributed by atoms with Crippen LogP contribution in [0.15, 0.2) is 30.3 Å². The maximum Gasteiger partial charge on any atom is 0.0412 e. The number of fused-ring (bicyclic) bond motifs is 1. The molecule has 0 bridgehead atoms. The Morgan fingerprint density at radius 3 is 2.59 bits per heavy atom. The van der Waals surface area contributed by atoms with Gasteiger partial charge >= 0.3 is 0 Å². The Bertz CT molecular complexity index is 439. The first-order chi connectivity index (χ1) is 8.20. The molecule has 92 valence electrons. The summed E-state index contributed by atoms with van der Waals surface area (Å²) in [6.45, 7) is 4.58. The van der Waals surface area contributed by atoms with Gasteiger partial charge in [-0.25, -0.2) is 0 Å². The minimum Gasteiger partial charge on any atom is -0.312 e. The molecule has 0 amide bonds. The maximum absolute atomic E-state index is 3.45. The summed E-state index contributed by atoms with van der Waals surface area (Å²) in [4.78, 5) is 1.47. The van der Waals surface area contributed by atoms with Gasteiger partial charge in [-0.2, -0.15) is 0 Å². The standard InChI is InChI=1S/C15H21NS/c1-11(2)8-9-13(16-3)15-10-12-6-4-5-7-14(12)17-15/h4-7,10-11,13,16H,8-9H2,1-3H3. The Balaban J connectivity index is 2.18. The lowest BCUT2D eigenvalue weighted by molar-refractivity contribution is 0.469. The third kappa shape index (κ3) is 3.08. The van der Waals surface area contributed by atoms with E-state index in [1.807, 2.05) is 11.3 Å². The fourth-order valence-corrected chi connectivity index (χ4v) is 3.31. The highest BCUT2D eigenvalue weighted by atomic mass is 32.1. The molecule has 0 aliphatic rings. The van der Waals surface area contributed by atoms with E-state index in [4.69, 9.17) is 0 Å². The summed E-state index contributed by atoms with van der Waals surface area (Å²) in [6, 6.07) is 11.5. The van der Waals surface area contributed by atoms with Gasteiger partial charge in [-0.1, -0.05) is 32.0 Å². The predicted molar refractivity (Wildman–Crippen MR) is 77.7 cm³/mol. The fraction of sp³-hybridized carbons (Fsp3) is 0.467. The second-order valence-electron chi connectivity index (χ2n) is 5.00. The molecule has 17 heavy (non-hydrogen) atoms. The Morgan fingerprint density at radius 1 is 1.18 bits per heavy atom. The van der Waals surface area contributed by atoms with Crippen LogP contribution in [0.25, 0.3) is 10.1 Å². The summed E-state index contributed by atoms with van der Waals surface area (Å²) in [7, 11) is 2.06. The van der Waals surface area contributed by atoms with E-state index < -0.39 is 0 Å². The van der Waals surface area contributed by atoms with Gasteiger partial charge in [0.1, 0.15) is 0 Å². The summed E-state index contributed by atoms with van der Waals surface area (Å²) in [5, 5.41) is 4.82. The van der Waals surface area contributed by atoms with E-state index in [1.165, 1.54) is 27.8 Å². The van der Waals surface area contributed by atoms with Crippen molar-refractivity contribution in [3.05, 3.63) is 35.2 Å². The molecule has 1 aromatic heterocycles. The molecular weight excluding hydrogens is 226 g/mol. The average Bonchev–Trinajstić information content (AvgIpc) is 2.72. The molecular formula is C15H21NS. The van der Waals surface area contributed by atoms with Gasteiger partial charge in [0.25, 0.3) is 0 Å². The fourth-order valence-electron chi connectivity index (χ4n) is 2.10. The molecule has 0 fully saturated rings. The molecule has 1 nitrogen and oxygen atoms in total. The highest BCUT2D eigenvalue weighted by molar-refractivity contribution is 7.19. The van der Waals surface area contributed by atoms with Crippen molar-refractivity contribution < 1.29 is 0 Å². The molecule has 1 unspecified atom stereocenters. The first-order valence-electron chi connectivity index (χ1n) is 6.36. The second-order valence-corrected chi connectivity index (χ2v) is 6.11. The molecule has 1 aromatic carbocycles. The van der Waals surface area contributed by atoms with Gasteiger partial charge in [-0.3, -0.25) is 0 Å². The molecule has 0 saturated carbocycles. The van der Waals surface area contributed by atoms with Gasteiger partial charge in [0.15, 0.2) is 0 Å². The van der Waals surface area contributed by atoms with Crippen molar-refractivity contribution in [1.82, 2.24) is 5.32 Å². The zero-order valence-electron chi connectivity index (χ0n) is 10.9. The van der Waals surface area contributed by atoms with Crippen LogP contribution in [-0.4, -0.2) is 7.05 Å². The topological polar surface area (TPSA) is 12.0 Å². The van der Waals surface area contributed by atoms with E-state index in [9.17, 15) is 0 Å². The summed E-state index contributed by atoms with van der Waals surface area (Å²) in [5.41, 5.74) is 0. The first kappa shape index (κ1) is 12.6. The van der Waals surface area contributed by atoms with Crippen molar-refractivity contribution in [2.24, 2.45) is 5.92 Å². The molecule has 1 heterocycles. The maximum atomic E-state index is 3.45. The van der Waals surface area contributed by atoms with E-state index >= 15 is 0 Å². The zero-order valence-corrected chi connectivity index (χ0v) is 11.7. The van der Waals surface area contributed by atoms with E-state index in [0.29, 0.717) is 6.04 Å². The van der Waals surface area contributed by atoms with Crippen LogP contribution in [0.3, 0.4) is 0 Å². The van der Waals surface area contributed by atoms with Gasteiger partial charge in [-0.15, -0.1) is 11.3 Å². The van der Waals surface area contributed by atoms with Crippen molar-refractivity contribution in [2.75, 3.05) is 7.05 Å². The highest BCUT2D eigenvalue weighted by Gasteiger charge is 2.12. The van der Waals surface area contributed by atoms with Crippen LogP contribution >= 0.6 is 11.3 Å². The third-order valence-corrected chi connectivity index (χ3v) is 4.40. The summed E-state index contributed by atoms with van der Waals surface area (Å²) >= 11 is 1.92. The Labute approximate surface area is 108 Å². The molecule has 0 aliphatic heterocycles. The van der Waals surface area contributed by atoms with Gasteiger partial charge in [0, 0.05) is 15.6 Å². The van der Waals surface area contributed by atoms with Crippen LogP contribution in [0.1, 0.15) is 37.6 Å². The highest BCUT2D eigenvalue weighted by Crippen LogP contribution is 2.32. The molecule has 2 aromatic rings. The van der Waals surface area contributed by atoms with Crippen molar-refractivity contribution in [2.45, 2.75) is 32.7 Å². The molecule has 0 aliphatic carbocycles. The lowest BCUT2D eigenvalue weighted by Crippen LogP contribution is -2.15. The minimum absolute atomic E-state index is 0.509. The first-order valence-corrected chi connectivity index (χ1v) is 7.18. The van der Waals surface area contributed by atoms with Crippen LogP contribution in [0.2, 0.25) is 0 Å². The van der Waals surface area contributed by atoms with Crippen molar-refractivity contribution in [3.63, 3.8) is 0 Å². The SMILES string of the molecule is CNC(CCC(C)C)c1cc2ccccc2s1. The van der Waals surface area contributed by atoms with Crippen LogP contribution in [-0.2, 0) is 0 Å². The van der Waals surface area contributed by atoms with Gasteiger partial charge in [0.05, 0.1) is 0 Å². The Hall–Kier alpha value is -0.860. The van der Waals surface area contributed by atoms with Crippen LogP contribution in [0, 0.1) is 5.92 Å². The summed E-state index contributed by atoms with van der Waals surface area (Å²) < 4.78 is 1.40. The van der Waals surface area contributed by atoms with Crippen LogP contribution in [0.5, 0.6) is 0 Å². The van der Waals surface area contributed by atoms with Gasteiger partial charge in [0.2, 0.25) is 0 Å². The summed E-state index contributed by atoms with van der Waals surface area (Å²) in [6.07, 6.45) is 2.50. The molecule has 2 heteroatoms. The predicted octanol–water partition coefficient (Wildman–Crippen LogP) is 4.60. The van der Waals surface area contributed by atoms with E-state index in [1.54, 1.807) is 0 Å². The number of nitrogens with one attached hydrogen (secondary N) is 1. The Morgan fingerprint density at radius 2 is 1.94 bits per heavy atom. The molecule has 0 saturated heterocycles. The normalized spacial score (nSPS) is 13.4. The smallest absolute Gasteiger partial charge is 0.0412 e. The lowest BCUT2D eigenvalue weighted by Gasteiger charge is -2.15. The van der Waals surface area contributed by atoms with Gasteiger partial charge < -0.3 is 5.32 Å². The minimum atomic E-state index is 0.509. The molecule has 2 rings (SSSR count).